The van der Waals surface area contributed by atoms with E-state index in [-0.39, 0.29) is 0 Å². The van der Waals surface area contributed by atoms with Crippen LogP contribution in [0.15, 0.2) is 95.5 Å². The summed E-state index contributed by atoms with van der Waals surface area (Å²) in [6.07, 6.45) is 2.68. The minimum Gasteiger partial charge on any atom is -0.487 e. The summed E-state index contributed by atoms with van der Waals surface area (Å²) < 4.78 is 11.7. The van der Waals surface area contributed by atoms with Crippen LogP contribution in [-0.4, -0.2) is 26.3 Å². The van der Waals surface area contributed by atoms with Gasteiger partial charge in [0.1, 0.15) is 23.8 Å². The second kappa shape index (κ2) is 11.0. The molecule has 1 unspecified atom stereocenters. The van der Waals surface area contributed by atoms with E-state index >= 15 is 0 Å². The molecule has 7 heteroatoms. The molecule has 7 nitrogen and oxygen atoms in total. The van der Waals surface area contributed by atoms with Gasteiger partial charge in [0.05, 0.1) is 17.8 Å². The quantitative estimate of drug-likeness (QED) is 0.233. The Kier molecular flexibility index (Phi) is 7.12. The highest BCUT2D eigenvalue weighted by Gasteiger charge is 2.24. The van der Waals surface area contributed by atoms with Crippen molar-refractivity contribution in [1.82, 2.24) is 15.2 Å². The van der Waals surface area contributed by atoms with Gasteiger partial charge < -0.3 is 14.3 Å². The number of aliphatic carboxylic acids is 1. The summed E-state index contributed by atoms with van der Waals surface area (Å²) in [5, 5.41) is 17.0. The van der Waals surface area contributed by atoms with Crippen LogP contribution in [0.5, 0.6) is 5.75 Å². The topological polar surface area (TPSA) is 101 Å². The summed E-state index contributed by atoms with van der Waals surface area (Å²) in [5.41, 5.74) is 5.06. The standard InChI is InChI=1S/C30H27N3O4/c1-20-27(32-29(37-20)23-10-6-3-7-11-23)19-36-24-15-12-21(13-16-24)14-17-25(30(34)35)26-18-31-33-28(26)22-8-4-2-5-9-22/h2-13,15-16,18,25H,14,17,19H2,1H3,(H,31,33)(H,34,35). The van der Waals surface area contributed by atoms with Gasteiger partial charge in [0, 0.05) is 11.1 Å². The lowest BCUT2D eigenvalue weighted by Gasteiger charge is -2.13. The number of aromatic amines is 1. The number of rotatable bonds is 10. The van der Waals surface area contributed by atoms with Crippen molar-refractivity contribution in [2.75, 3.05) is 0 Å². The fourth-order valence-corrected chi connectivity index (χ4v) is 4.29. The minimum absolute atomic E-state index is 0.297. The number of benzene rings is 3. The van der Waals surface area contributed by atoms with Crippen molar-refractivity contribution in [3.8, 4) is 28.5 Å². The molecule has 0 spiro atoms. The van der Waals surface area contributed by atoms with Gasteiger partial charge in [0.2, 0.25) is 5.89 Å². The molecule has 0 saturated carbocycles. The lowest BCUT2D eigenvalue weighted by atomic mass is 9.91. The first kappa shape index (κ1) is 24.1. The summed E-state index contributed by atoms with van der Waals surface area (Å²) in [6, 6.07) is 27.1. The summed E-state index contributed by atoms with van der Waals surface area (Å²) in [4.78, 5) is 16.7. The van der Waals surface area contributed by atoms with Crippen molar-refractivity contribution in [2.24, 2.45) is 0 Å². The average Bonchev–Trinajstić information content (AvgIpc) is 3.56. The van der Waals surface area contributed by atoms with Gasteiger partial charge in [-0.2, -0.15) is 5.10 Å². The molecule has 37 heavy (non-hydrogen) atoms. The van der Waals surface area contributed by atoms with Gasteiger partial charge in [-0.1, -0.05) is 60.7 Å². The van der Waals surface area contributed by atoms with Gasteiger partial charge in [-0.05, 0) is 55.2 Å². The first-order chi connectivity index (χ1) is 18.1. The molecule has 2 N–H and O–H groups in total. The molecular weight excluding hydrogens is 466 g/mol. The van der Waals surface area contributed by atoms with Gasteiger partial charge in [-0.3, -0.25) is 9.89 Å². The van der Waals surface area contributed by atoms with E-state index in [0.29, 0.717) is 36.7 Å². The van der Waals surface area contributed by atoms with E-state index in [1.54, 1.807) is 6.20 Å². The maximum absolute atomic E-state index is 12.1. The van der Waals surface area contributed by atoms with Crippen molar-refractivity contribution >= 4 is 5.97 Å². The molecular formula is C30H27N3O4. The number of aryl methyl sites for hydroxylation is 2. The number of carbonyl (C=O) groups is 1. The predicted molar refractivity (Wildman–Crippen MR) is 140 cm³/mol. The van der Waals surface area contributed by atoms with Crippen LogP contribution in [0.4, 0.5) is 0 Å². The Morgan fingerprint density at radius 3 is 2.32 bits per heavy atom. The zero-order chi connectivity index (χ0) is 25.6. The normalized spacial score (nSPS) is 11.8. The maximum Gasteiger partial charge on any atom is 0.311 e. The predicted octanol–water partition coefficient (Wildman–Crippen LogP) is 6.42. The Morgan fingerprint density at radius 1 is 0.973 bits per heavy atom. The monoisotopic (exact) mass is 493 g/mol. The van der Waals surface area contributed by atoms with Gasteiger partial charge in [-0.25, -0.2) is 4.98 Å². The minimum atomic E-state index is -0.864. The third kappa shape index (κ3) is 5.62. The number of aromatic nitrogens is 3. The van der Waals surface area contributed by atoms with E-state index in [9.17, 15) is 9.90 Å². The highest BCUT2D eigenvalue weighted by molar-refractivity contribution is 5.79. The maximum atomic E-state index is 12.1. The van der Waals surface area contributed by atoms with E-state index in [1.807, 2.05) is 91.9 Å². The molecule has 5 rings (SSSR count). The van der Waals surface area contributed by atoms with Crippen LogP contribution in [0.3, 0.4) is 0 Å². The molecule has 5 aromatic rings. The Balaban J connectivity index is 1.21. The molecule has 0 radical (unpaired) electrons. The molecule has 0 fully saturated rings. The Labute approximate surface area is 214 Å². The lowest BCUT2D eigenvalue weighted by Crippen LogP contribution is -2.13. The third-order valence-corrected chi connectivity index (χ3v) is 6.34. The number of H-pyrrole nitrogens is 1. The summed E-state index contributed by atoms with van der Waals surface area (Å²) >= 11 is 0. The number of carboxylic acids is 1. The van der Waals surface area contributed by atoms with Crippen LogP contribution in [0.2, 0.25) is 0 Å². The van der Waals surface area contributed by atoms with Crippen LogP contribution >= 0.6 is 0 Å². The molecule has 0 aliphatic carbocycles. The Hall–Kier alpha value is -4.65. The largest absolute Gasteiger partial charge is 0.487 e. The molecule has 0 aliphatic heterocycles. The highest BCUT2D eigenvalue weighted by atomic mass is 16.5. The fraction of sp³-hybridized carbons (Fsp3) is 0.167. The second-order valence-corrected chi connectivity index (χ2v) is 8.82. The SMILES string of the molecule is Cc1oc(-c2ccccc2)nc1COc1ccc(CCC(C(=O)O)c2cn[nH]c2-c2ccccc2)cc1. The van der Waals surface area contributed by atoms with E-state index < -0.39 is 11.9 Å². The Bertz CT molecular complexity index is 1460. The average molecular weight is 494 g/mol. The first-order valence-corrected chi connectivity index (χ1v) is 12.1. The number of carboxylic acid groups (broad SMARTS) is 1. The number of hydrogen-bond acceptors (Lipinski definition) is 5. The zero-order valence-corrected chi connectivity index (χ0v) is 20.4. The molecule has 2 aromatic heterocycles. The molecule has 2 heterocycles. The van der Waals surface area contributed by atoms with Crippen LogP contribution < -0.4 is 4.74 Å². The smallest absolute Gasteiger partial charge is 0.311 e. The molecule has 186 valence electrons. The van der Waals surface area contributed by atoms with Gasteiger partial charge in [0.15, 0.2) is 0 Å². The number of ether oxygens (including phenoxy) is 1. The van der Waals surface area contributed by atoms with Crippen LogP contribution in [0.25, 0.3) is 22.7 Å². The molecule has 1 atom stereocenters. The van der Waals surface area contributed by atoms with E-state index in [2.05, 4.69) is 15.2 Å². The summed E-state index contributed by atoms with van der Waals surface area (Å²) in [6.45, 7) is 2.18. The summed E-state index contributed by atoms with van der Waals surface area (Å²) in [5.74, 6) is 0.482. The molecule has 0 aliphatic rings. The Morgan fingerprint density at radius 2 is 1.65 bits per heavy atom. The van der Waals surface area contributed by atoms with E-state index in [1.165, 1.54) is 0 Å². The molecule has 0 bridgehead atoms. The van der Waals surface area contributed by atoms with Crippen molar-refractivity contribution < 1.29 is 19.1 Å². The first-order valence-electron chi connectivity index (χ1n) is 12.1. The molecule has 0 saturated heterocycles. The number of hydrogen-bond donors (Lipinski definition) is 2. The van der Waals surface area contributed by atoms with Crippen molar-refractivity contribution in [2.45, 2.75) is 32.3 Å². The van der Waals surface area contributed by atoms with Crippen LogP contribution in [0, 0.1) is 6.92 Å². The van der Waals surface area contributed by atoms with Crippen molar-refractivity contribution in [3.05, 3.63) is 114 Å². The summed E-state index contributed by atoms with van der Waals surface area (Å²) in [7, 11) is 0. The second-order valence-electron chi connectivity index (χ2n) is 8.82. The van der Waals surface area contributed by atoms with E-state index in [4.69, 9.17) is 9.15 Å². The third-order valence-electron chi connectivity index (χ3n) is 6.34. The van der Waals surface area contributed by atoms with Gasteiger partial charge >= 0.3 is 5.97 Å². The molecule has 0 amide bonds. The lowest BCUT2D eigenvalue weighted by molar-refractivity contribution is -0.138. The van der Waals surface area contributed by atoms with E-state index in [0.717, 1.165) is 33.8 Å². The number of nitrogens with one attached hydrogen (secondary N) is 1. The van der Waals surface area contributed by atoms with Gasteiger partial charge in [-0.15, -0.1) is 0 Å². The van der Waals surface area contributed by atoms with Crippen LogP contribution in [0.1, 0.15) is 34.9 Å². The fourth-order valence-electron chi connectivity index (χ4n) is 4.29. The van der Waals surface area contributed by atoms with Crippen molar-refractivity contribution in [3.63, 3.8) is 0 Å². The highest BCUT2D eigenvalue weighted by Crippen LogP contribution is 2.31. The van der Waals surface area contributed by atoms with Gasteiger partial charge in [0.25, 0.3) is 0 Å². The molecule has 3 aromatic carbocycles. The zero-order valence-electron chi connectivity index (χ0n) is 20.4. The van der Waals surface area contributed by atoms with Crippen molar-refractivity contribution in [1.29, 1.82) is 0 Å². The number of nitrogens with zero attached hydrogens (tertiary/aromatic N) is 2. The number of oxazole rings is 1. The van der Waals surface area contributed by atoms with Crippen LogP contribution in [-0.2, 0) is 17.8 Å².